The summed E-state index contributed by atoms with van der Waals surface area (Å²) in [5.41, 5.74) is -3.40. The molecule has 122 valence electrons. The minimum absolute atomic E-state index is 0.0179. The smallest absolute Gasteiger partial charge is 0.323 e. The summed E-state index contributed by atoms with van der Waals surface area (Å²) in [6.07, 6.45) is 1.21. The van der Waals surface area contributed by atoms with E-state index in [0.717, 1.165) is 28.9 Å². The van der Waals surface area contributed by atoms with E-state index in [0.29, 0.717) is 0 Å². The third kappa shape index (κ3) is 1.88. The molecule has 0 saturated heterocycles. The summed E-state index contributed by atoms with van der Waals surface area (Å²) >= 11 is 0. The van der Waals surface area contributed by atoms with Gasteiger partial charge in [0.25, 0.3) is 0 Å². The highest BCUT2D eigenvalue weighted by molar-refractivity contribution is 5.64. The van der Waals surface area contributed by atoms with Crippen LogP contribution in [0.2, 0.25) is 0 Å². The number of hydrogen-bond acceptors (Lipinski definition) is 5. The van der Waals surface area contributed by atoms with Gasteiger partial charge in [0, 0.05) is 17.3 Å². The Labute approximate surface area is 133 Å². The zero-order valence-electron chi connectivity index (χ0n) is 12.1. The predicted octanol–water partition coefficient (Wildman–Crippen LogP) is 1.87. The lowest BCUT2D eigenvalue weighted by atomic mass is 9.80. The van der Waals surface area contributed by atoms with Crippen LogP contribution in [0, 0.1) is 5.82 Å². The van der Waals surface area contributed by atoms with Crippen molar-refractivity contribution in [1.82, 2.24) is 25.2 Å². The van der Waals surface area contributed by atoms with Crippen molar-refractivity contribution < 1.29 is 18.3 Å². The molecule has 4 rings (SSSR count). The van der Waals surface area contributed by atoms with Crippen molar-refractivity contribution in [3.8, 4) is 11.4 Å². The second kappa shape index (κ2) is 4.84. The molecule has 0 radical (unpaired) electrons. The Balaban J connectivity index is 1.97. The van der Waals surface area contributed by atoms with Crippen LogP contribution in [0.5, 0.6) is 0 Å². The monoisotopic (exact) mass is 333 g/mol. The number of rotatable bonds is 2. The molecule has 3 aromatic rings. The molecule has 0 saturated carbocycles. The molecule has 3 heterocycles. The molecule has 24 heavy (non-hydrogen) atoms. The summed E-state index contributed by atoms with van der Waals surface area (Å²) in [5.74, 6) is -4.27. The molecule has 1 N–H and O–H groups in total. The Kier molecular flexibility index (Phi) is 2.98. The Morgan fingerprint density at radius 3 is 2.79 bits per heavy atom. The summed E-state index contributed by atoms with van der Waals surface area (Å²) in [4.78, 5) is 3.66. The number of aliphatic hydroxyl groups is 1. The third-order valence-corrected chi connectivity index (χ3v) is 4.08. The molecular weight excluding hydrogens is 323 g/mol. The molecule has 9 heteroatoms. The van der Waals surface area contributed by atoms with Gasteiger partial charge in [-0.25, -0.2) is 9.07 Å². The summed E-state index contributed by atoms with van der Waals surface area (Å²) < 4.78 is 44.9. The van der Waals surface area contributed by atoms with Crippen LogP contribution in [0.4, 0.5) is 13.2 Å². The van der Waals surface area contributed by atoms with Gasteiger partial charge >= 0.3 is 5.92 Å². The Morgan fingerprint density at radius 1 is 1.21 bits per heavy atom. The molecule has 1 aromatic carbocycles. The van der Waals surface area contributed by atoms with Crippen LogP contribution in [-0.4, -0.2) is 30.3 Å². The molecule has 0 spiro atoms. The highest BCUT2D eigenvalue weighted by atomic mass is 19.3. The van der Waals surface area contributed by atoms with Crippen LogP contribution in [0.15, 0.2) is 42.6 Å². The molecule has 1 atom stereocenters. The number of benzene rings is 1. The molecular formula is C15H10F3N5O. The van der Waals surface area contributed by atoms with Crippen molar-refractivity contribution in [1.29, 1.82) is 0 Å². The average molecular weight is 333 g/mol. The fourth-order valence-electron chi connectivity index (χ4n) is 2.90. The number of nitrogens with zero attached hydrogens (tertiary/aromatic N) is 5. The number of pyridine rings is 1. The van der Waals surface area contributed by atoms with Crippen molar-refractivity contribution in [2.24, 2.45) is 0 Å². The van der Waals surface area contributed by atoms with Gasteiger partial charge in [0.05, 0.1) is 6.54 Å². The van der Waals surface area contributed by atoms with E-state index in [1.54, 1.807) is 0 Å². The van der Waals surface area contributed by atoms with E-state index in [9.17, 15) is 9.50 Å². The van der Waals surface area contributed by atoms with Gasteiger partial charge in [-0.05, 0) is 34.7 Å². The predicted molar refractivity (Wildman–Crippen MR) is 75.2 cm³/mol. The summed E-state index contributed by atoms with van der Waals surface area (Å²) in [6.45, 7) is -0.586. The van der Waals surface area contributed by atoms with Crippen molar-refractivity contribution >= 4 is 0 Å². The lowest BCUT2D eigenvalue weighted by Crippen LogP contribution is -2.49. The number of hydrogen-bond donors (Lipinski definition) is 1. The number of alkyl halides is 2. The molecule has 0 aliphatic carbocycles. The van der Waals surface area contributed by atoms with Gasteiger partial charge < -0.3 is 5.11 Å². The number of halogens is 3. The molecule has 0 fully saturated rings. The quantitative estimate of drug-likeness (QED) is 0.775. The Bertz CT molecular complexity index is 914. The Morgan fingerprint density at radius 2 is 2.04 bits per heavy atom. The normalized spacial score (nSPS) is 19.7. The van der Waals surface area contributed by atoms with Crippen LogP contribution >= 0.6 is 0 Å². The van der Waals surface area contributed by atoms with Gasteiger partial charge in [0.1, 0.15) is 11.5 Å². The van der Waals surface area contributed by atoms with Gasteiger partial charge in [-0.1, -0.05) is 12.1 Å². The molecule has 0 amide bonds. The van der Waals surface area contributed by atoms with Crippen LogP contribution in [0.1, 0.15) is 11.3 Å². The standard InChI is InChI=1S/C15H10F3N5O/c16-9-4-5-11-10(7-9)13-20-21-22-23(13)8-14(11,24)15(17,18)12-3-1-2-6-19-12/h1-7,24H,8H2. The first kappa shape index (κ1) is 14.8. The van der Waals surface area contributed by atoms with Gasteiger partial charge in [-0.15, -0.1) is 5.10 Å². The molecule has 6 nitrogen and oxygen atoms in total. The summed E-state index contributed by atoms with van der Waals surface area (Å²) in [5, 5.41) is 21.7. The molecule has 0 bridgehead atoms. The highest BCUT2D eigenvalue weighted by Gasteiger charge is 2.59. The number of aromatic nitrogens is 5. The van der Waals surface area contributed by atoms with E-state index in [1.807, 2.05) is 0 Å². The van der Waals surface area contributed by atoms with Gasteiger partial charge in [-0.3, -0.25) is 4.98 Å². The molecule has 1 aliphatic rings. The fraction of sp³-hybridized carbons (Fsp3) is 0.200. The summed E-state index contributed by atoms with van der Waals surface area (Å²) in [7, 11) is 0. The van der Waals surface area contributed by atoms with Gasteiger partial charge in [-0.2, -0.15) is 8.78 Å². The van der Waals surface area contributed by atoms with E-state index in [2.05, 4.69) is 20.5 Å². The number of fused-ring (bicyclic) bond motifs is 3. The van der Waals surface area contributed by atoms with E-state index >= 15 is 8.78 Å². The highest BCUT2D eigenvalue weighted by Crippen LogP contribution is 2.50. The van der Waals surface area contributed by atoms with Crippen LogP contribution in [0.3, 0.4) is 0 Å². The van der Waals surface area contributed by atoms with Gasteiger partial charge in [0.15, 0.2) is 11.4 Å². The third-order valence-electron chi connectivity index (χ3n) is 4.08. The lowest BCUT2D eigenvalue weighted by molar-refractivity contribution is -0.207. The summed E-state index contributed by atoms with van der Waals surface area (Å²) in [6, 6.07) is 7.17. The number of tetrazole rings is 1. The van der Waals surface area contributed by atoms with Crippen molar-refractivity contribution in [2.75, 3.05) is 0 Å². The van der Waals surface area contributed by atoms with Crippen LogP contribution in [-0.2, 0) is 18.1 Å². The van der Waals surface area contributed by atoms with E-state index in [4.69, 9.17) is 0 Å². The lowest BCUT2D eigenvalue weighted by Gasteiger charge is -2.39. The first-order valence-electron chi connectivity index (χ1n) is 7.02. The SMILES string of the molecule is OC1(C(F)(F)c2ccccn2)Cn2nnnc2-c2cc(F)ccc21. The van der Waals surface area contributed by atoms with E-state index in [-0.39, 0.29) is 17.0 Å². The average Bonchev–Trinajstić information content (AvgIpc) is 3.03. The van der Waals surface area contributed by atoms with Crippen molar-refractivity contribution in [3.63, 3.8) is 0 Å². The maximum absolute atomic E-state index is 15.1. The van der Waals surface area contributed by atoms with Gasteiger partial charge in [0.2, 0.25) is 0 Å². The Hall–Kier alpha value is -2.81. The minimum Gasteiger partial charge on any atom is -0.377 e. The second-order valence-electron chi connectivity index (χ2n) is 5.50. The van der Waals surface area contributed by atoms with Crippen molar-refractivity contribution in [3.05, 3.63) is 59.7 Å². The second-order valence-corrected chi connectivity index (χ2v) is 5.50. The maximum Gasteiger partial charge on any atom is 0.323 e. The van der Waals surface area contributed by atoms with Crippen LogP contribution < -0.4 is 0 Å². The topological polar surface area (TPSA) is 76.7 Å². The fourth-order valence-corrected chi connectivity index (χ4v) is 2.90. The maximum atomic E-state index is 15.1. The van der Waals surface area contributed by atoms with Crippen molar-refractivity contribution in [2.45, 2.75) is 18.1 Å². The largest absolute Gasteiger partial charge is 0.377 e. The first-order valence-corrected chi connectivity index (χ1v) is 7.02. The van der Waals surface area contributed by atoms with Crippen LogP contribution in [0.25, 0.3) is 11.4 Å². The van der Waals surface area contributed by atoms with E-state index < -0.39 is 29.6 Å². The molecule has 1 unspecified atom stereocenters. The zero-order chi connectivity index (χ0) is 16.9. The minimum atomic E-state index is -3.75. The zero-order valence-corrected chi connectivity index (χ0v) is 12.1. The van der Waals surface area contributed by atoms with E-state index in [1.165, 1.54) is 18.3 Å². The molecule has 1 aliphatic heterocycles. The first-order chi connectivity index (χ1) is 11.4. The molecule has 2 aromatic heterocycles.